The molecule has 21 heavy (non-hydrogen) atoms. The topological polar surface area (TPSA) is 84.4 Å². The second-order valence-corrected chi connectivity index (χ2v) is 5.01. The van der Waals surface area contributed by atoms with Gasteiger partial charge in [0.1, 0.15) is 12.3 Å². The van der Waals surface area contributed by atoms with Crippen LogP contribution in [0.25, 0.3) is 0 Å². The van der Waals surface area contributed by atoms with Gasteiger partial charge in [-0.05, 0) is 12.8 Å². The average Bonchev–Trinajstić information content (AvgIpc) is 2.54. The molecule has 2 amide bonds. The van der Waals surface area contributed by atoms with E-state index in [2.05, 4.69) is 15.3 Å². The SMILES string of the molecule is O=C(NC1CCN(C(=O)OCCCl)CC1)c1cnccn1. The van der Waals surface area contributed by atoms with Gasteiger partial charge in [0, 0.05) is 31.5 Å². The molecule has 0 atom stereocenters. The number of hydrogen-bond acceptors (Lipinski definition) is 5. The Hall–Kier alpha value is -1.89. The van der Waals surface area contributed by atoms with E-state index in [1.165, 1.54) is 18.6 Å². The third-order valence-corrected chi connectivity index (χ3v) is 3.34. The number of carbonyl (C=O) groups excluding carboxylic acids is 2. The molecule has 1 aromatic rings. The maximum absolute atomic E-state index is 11.9. The van der Waals surface area contributed by atoms with Crippen LogP contribution in [0, 0.1) is 0 Å². The van der Waals surface area contributed by atoms with E-state index in [0.717, 1.165) is 0 Å². The molecule has 0 spiro atoms. The van der Waals surface area contributed by atoms with Crippen molar-refractivity contribution in [2.75, 3.05) is 25.6 Å². The summed E-state index contributed by atoms with van der Waals surface area (Å²) in [5.74, 6) is 0.0439. The fourth-order valence-corrected chi connectivity index (χ4v) is 2.18. The number of ether oxygens (including phenoxy) is 1. The molecular weight excluding hydrogens is 296 g/mol. The molecular formula is C13H17ClN4O3. The number of nitrogens with one attached hydrogen (secondary N) is 1. The highest BCUT2D eigenvalue weighted by Crippen LogP contribution is 2.12. The zero-order chi connectivity index (χ0) is 15.1. The number of likely N-dealkylation sites (tertiary alicyclic amines) is 1. The van der Waals surface area contributed by atoms with E-state index in [1.807, 2.05) is 0 Å². The quantitative estimate of drug-likeness (QED) is 0.840. The van der Waals surface area contributed by atoms with Crippen LogP contribution < -0.4 is 5.32 Å². The van der Waals surface area contributed by atoms with Crippen LogP contribution in [-0.2, 0) is 4.74 Å². The Morgan fingerprint density at radius 2 is 2.14 bits per heavy atom. The van der Waals surface area contributed by atoms with Gasteiger partial charge in [0.05, 0.1) is 12.1 Å². The summed E-state index contributed by atoms with van der Waals surface area (Å²) in [6.45, 7) is 1.31. The first-order valence-electron chi connectivity index (χ1n) is 6.75. The molecule has 1 fully saturated rings. The number of halogens is 1. The Labute approximate surface area is 127 Å². The van der Waals surface area contributed by atoms with Crippen molar-refractivity contribution in [3.63, 3.8) is 0 Å². The first-order valence-corrected chi connectivity index (χ1v) is 7.28. The van der Waals surface area contributed by atoms with Gasteiger partial charge >= 0.3 is 6.09 Å². The van der Waals surface area contributed by atoms with Crippen molar-refractivity contribution < 1.29 is 14.3 Å². The van der Waals surface area contributed by atoms with Crippen LogP contribution in [0.5, 0.6) is 0 Å². The van der Waals surface area contributed by atoms with E-state index in [1.54, 1.807) is 4.90 Å². The zero-order valence-corrected chi connectivity index (χ0v) is 12.3. The first-order chi connectivity index (χ1) is 10.2. The van der Waals surface area contributed by atoms with Crippen molar-refractivity contribution in [3.8, 4) is 0 Å². The Morgan fingerprint density at radius 3 is 2.76 bits per heavy atom. The summed E-state index contributed by atoms with van der Waals surface area (Å²) in [6.07, 6.45) is 5.43. The summed E-state index contributed by atoms with van der Waals surface area (Å²) in [5.41, 5.74) is 0.293. The summed E-state index contributed by atoms with van der Waals surface area (Å²) in [4.78, 5) is 33.0. The van der Waals surface area contributed by atoms with Gasteiger partial charge in [0.15, 0.2) is 0 Å². The molecule has 7 nitrogen and oxygen atoms in total. The van der Waals surface area contributed by atoms with E-state index in [-0.39, 0.29) is 30.5 Å². The van der Waals surface area contributed by atoms with E-state index in [4.69, 9.17) is 16.3 Å². The number of carbonyl (C=O) groups is 2. The molecule has 1 N–H and O–H groups in total. The van der Waals surface area contributed by atoms with Gasteiger partial charge in [-0.15, -0.1) is 11.6 Å². The number of amides is 2. The second-order valence-electron chi connectivity index (χ2n) is 4.63. The van der Waals surface area contributed by atoms with Gasteiger partial charge in [-0.25, -0.2) is 9.78 Å². The summed E-state index contributed by atoms with van der Waals surface area (Å²) in [7, 11) is 0. The highest BCUT2D eigenvalue weighted by molar-refractivity contribution is 6.18. The Bertz CT molecular complexity index is 478. The molecule has 0 saturated carbocycles. The van der Waals surface area contributed by atoms with Crippen LogP contribution in [0.2, 0.25) is 0 Å². The standard InChI is InChI=1S/C13H17ClN4O3/c14-3-8-21-13(20)18-6-1-10(2-7-18)17-12(19)11-9-15-4-5-16-11/h4-5,9-10H,1-3,6-8H2,(H,17,19). The van der Waals surface area contributed by atoms with Crippen LogP contribution in [0.3, 0.4) is 0 Å². The predicted molar refractivity (Wildman–Crippen MR) is 76.2 cm³/mol. The highest BCUT2D eigenvalue weighted by atomic mass is 35.5. The van der Waals surface area contributed by atoms with E-state index >= 15 is 0 Å². The molecule has 114 valence electrons. The number of aromatic nitrogens is 2. The molecule has 0 unspecified atom stereocenters. The Kier molecular flexibility index (Phi) is 5.74. The van der Waals surface area contributed by atoms with Gasteiger partial charge in [-0.1, -0.05) is 0 Å². The van der Waals surface area contributed by atoms with E-state index in [0.29, 0.717) is 31.6 Å². The van der Waals surface area contributed by atoms with Crippen LogP contribution in [-0.4, -0.2) is 58.5 Å². The lowest BCUT2D eigenvalue weighted by Crippen LogP contribution is -2.46. The third kappa shape index (κ3) is 4.56. The molecule has 0 aromatic carbocycles. The Morgan fingerprint density at radius 1 is 1.38 bits per heavy atom. The maximum atomic E-state index is 11.9. The molecule has 1 aliphatic rings. The molecule has 0 aliphatic carbocycles. The van der Waals surface area contributed by atoms with Gasteiger partial charge in [0.25, 0.3) is 5.91 Å². The zero-order valence-electron chi connectivity index (χ0n) is 11.5. The number of piperidine rings is 1. The molecule has 1 saturated heterocycles. The highest BCUT2D eigenvalue weighted by Gasteiger charge is 2.25. The normalized spacial score (nSPS) is 15.6. The van der Waals surface area contributed by atoms with E-state index < -0.39 is 0 Å². The van der Waals surface area contributed by atoms with Gasteiger partial charge < -0.3 is 15.0 Å². The van der Waals surface area contributed by atoms with Crippen LogP contribution in [0.4, 0.5) is 4.79 Å². The number of rotatable bonds is 4. The lowest BCUT2D eigenvalue weighted by Gasteiger charge is -2.31. The monoisotopic (exact) mass is 312 g/mol. The van der Waals surface area contributed by atoms with Crippen molar-refractivity contribution in [3.05, 3.63) is 24.3 Å². The Balaban J connectivity index is 1.77. The minimum absolute atomic E-state index is 0.0246. The largest absolute Gasteiger partial charge is 0.448 e. The van der Waals surface area contributed by atoms with Gasteiger partial charge in [0.2, 0.25) is 0 Å². The van der Waals surface area contributed by atoms with Crippen LogP contribution in [0.15, 0.2) is 18.6 Å². The molecule has 1 aromatic heterocycles. The maximum Gasteiger partial charge on any atom is 0.409 e. The van der Waals surface area contributed by atoms with Crippen molar-refractivity contribution >= 4 is 23.6 Å². The molecule has 0 bridgehead atoms. The fraction of sp³-hybridized carbons (Fsp3) is 0.538. The third-order valence-electron chi connectivity index (χ3n) is 3.19. The minimum atomic E-state index is -0.352. The second kappa shape index (κ2) is 7.78. The van der Waals surface area contributed by atoms with Crippen molar-refractivity contribution in [2.45, 2.75) is 18.9 Å². The predicted octanol–water partition coefficient (Wildman–Crippen LogP) is 1.05. The van der Waals surface area contributed by atoms with Crippen molar-refractivity contribution in [2.24, 2.45) is 0 Å². The summed E-state index contributed by atoms with van der Waals surface area (Å²) >= 11 is 5.47. The molecule has 2 rings (SSSR count). The van der Waals surface area contributed by atoms with Crippen LogP contribution >= 0.6 is 11.6 Å². The first kappa shape index (κ1) is 15.5. The van der Waals surface area contributed by atoms with Crippen molar-refractivity contribution in [1.82, 2.24) is 20.2 Å². The molecule has 1 aliphatic heterocycles. The summed E-state index contributed by atoms with van der Waals surface area (Å²) < 4.78 is 4.97. The smallest absolute Gasteiger partial charge is 0.409 e. The lowest BCUT2D eigenvalue weighted by molar-refractivity contribution is 0.0858. The van der Waals surface area contributed by atoms with Gasteiger partial charge in [-0.2, -0.15) is 0 Å². The average molecular weight is 313 g/mol. The number of hydrogen-bond donors (Lipinski definition) is 1. The fourth-order valence-electron chi connectivity index (χ4n) is 2.10. The number of nitrogens with zero attached hydrogens (tertiary/aromatic N) is 3. The van der Waals surface area contributed by atoms with Crippen molar-refractivity contribution in [1.29, 1.82) is 0 Å². The molecule has 2 heterocycles. The number of alkyl halides is 1. The minimum Gasteiger partial charge on any atom is -0.448 e. The van der Waals surface area contributed by atoms with Crippen LogP contribution in [0.1, 0.15) is 23.3 Å². The van der Waals surface area contributed by atoms with Gasteiger partial charge in [-0.3, -0.25) is 9.78 Å². The summed E-state index contributed by atoms with van der Waals surface area (Å²) in [6, 6.07) is 0.0246. The lowest BCUT2D eigenvalue weighted by atomic mass is 10.1. The summed E-state index contributed by atoms with van der Waals surface area (Å²) in [5, 5.41) is 2.90. The van der Waals surface area contributed by atoms with E-state index in [9.17, 15) is 9.59 Å². The molecule has 8 heteroatoms. The molecule has 0 radical (unpaired) electrons.